The number of methoxy groups -OCH3 is 2. The van der Waals surface area contributed by atoms with Crippen molar-refractivity contribution in [1.82, 2.24) is 14.8 Å². The maximum atomic E-state index is 12.1. The lowest BCUT2D eigenvalue weighted by atomic mass is 9.96. The number of ether oxygens (including phenoxy) is 2. The Bertz CT molecular complexity index is 1690. The molecule has 0 saturated carbocycles. The SMILES string of the molecule is COc1cc2c(cc1OC)CN(c1ccc(C3=N[C@@H](C(C)C(=O)O)c4nnc(C)n4-c4sc(C)c(C)c43)cc1)CC2. The molecule has 4 aromatic rings. The molecule has 9 nitrogen and oxygen atoms in total. The first kappa shape index (κ1) is 27.0. The summed E-state index contributed by atoms with van der Waals surface area (Å²) in [5.74, 6) is 1.09. The van der Waals surface area contributed by atoms with Gasteiger partial charge in [-0.15, -0.1) is 21.5 Å². The van der Waals surface area contributed by atoms with Crippen LogP contribution >= 0.6 is 11.3 Å². The third-order valence-corrected chi connectivity index (χ3v) is 9.47. The lowest BCUT2D eigenvalue weighted by Gasteiger charge is -2.31. The number of anilines is 1. The first-order chi connectivity index (χ1) is 19.7. The number of fused-ring (bicyclic) bond motifs is 4. The zero-order chi connectivity index (χ0) is 29.0. The highest BCUT2D eigenvalue weighted by molar-refractivity contribution is 7.15. The van der Waals surface area contributed by atoms with E-state index in [-0.39, 0.29) is 0 Å². The molecule has 212 valence electrons. The molecule has 10 heteroatoms. The number of thiophene rings is 1. The van der Waals surface area contributed by atoms with Crippen molar-refractivity contribution >= 4 is 28.7 Å². The Balaban J connectivity index is 1.39. The molecule has 0 radical (unpaired) electrons. The van der Waals surface area contributed by atoms with E-state index in [1.165, 1.54) is 16.0 Å². The Kier molecular flexibility index (Phi) is 6.81. The number of carboxylic acids is 1. The molecule has 2 aliphatic heterocycles. The lowest BCUT2D eigenvalue weighted by Crippen LogP contribution is -2.30. The molecule has 0 amide bonds. The zero-order valence-corrected chi connectivity index (χ0v) is 24.9. The maximum Gasteiger partial charge on any atom is 0.308 e. The van der Waals surface area contributed by atoms with E-state index in [0.717, 1.165) is 69.9 Å². The first-order valence-corrected chi connectivity index (χ1v) is 14.5. The average molecular weight is 572 g/mol. The van der Waals surface area contributed by atoms with Gasteiger partial charge in [0.05, 0.1) is 25.8 Å². The second-order valence-electron chi connectivity index (χ2n) is 10.6. The van der Waals surface area contributed by atoms with Crippen molar-refractivity contribution in [2.75, 3.05) is 25.7 Å². The molecule has 1 unspecified atom stereocenters. The van der Waals surface area contributed by atoms with Crippen molar-refractivity contribution in [2.45, 2.75) is 46.7 Å². The first-order valence-electron chi connectivity index (χ1n) is 13.6. The van der Waals surface area contributed by atoms with Gasteiger partial charge in [0.1, 0.15) is 16.9 Å². The van der Waals surface area contributed by atoms with Crippen molar-refractivity contribution in [1.29, 1.82) is 0 Å². The highest BCUT2D eigenvalue weighted by Gasteiger charge is 2.36. The Morgan fingerprint density at radius 1 is 1.05 bits per heavy atom. The normalized spacial score (nSPS) is 16.7. The number of carbonyl (C=O) groups is 1. The van der Waals surface area contributed by atoms with E-state index in [1.54, 1.807) is 32.5 Å². The van der Waals surface area contributed by atoms with Gasteiger partial charge < -0.3 is 19.5 Å². The quantitative estimate of drug-likeness (QED) is 0.329. The minimum Gasteiger partial charge on any atom is -0.493 e. The number of rotatable bonds is 6. The van der Waals surface area contributed by atoms with Crippen LogP contribution in [0.1, 0.15) is 57.3 Å². The molecule has 1 N–H and O–H groups in total. The summed E-state index contributed by atoms with van der Waals surface area (Å²) >= 11 is 1.66. The summed E-state index contributed by atoms with van der Waals surface area (Å²) in [6.07, 6.45) is 0.911. The largest absolute Gasteiger partial charge is 0.493 e. The summed E-state index contributed by atoms with van der Waals surface area (Å²) < 4.78 is 13.0. The summed E-state index contributed by atoms with van der Waals surface area (Å²) in [5, 5.41) is 19.6. The highest BCUT2D eigenvalue weighted by Crippen LogP contribution is 2.41. The number of aromatic nitrogens is 3. The lowest BCUT2D eigenvalue weighted by molar-refractivity contribution is -0.141. The van der Waals surface area contributed by atoms with E-state index in [9.17, 15) is 9.90 Å². The van der Waals surface area contributed by atoms with Gasteiger partial charge in [-0.25, -0.2) is 0 Å². The highest BCUT2D eigenvalue weighted by atomic mass is 32.1. The Hall–Kier alpha value is -4.18. The van der Waals surface area contributed by atoms with E-state index < -0.39 is 17.9 Å². The van der Waals surface area contributed by atoms with Crippen molar-refractivity contribution in [3.8, 4) is 16.5 Å². The molecule has 41 heavy (non-hydrogen) atoms. The van der Waals surface area contributed by atoms with E-state index in [2.05, 4.69) is 65.3 Å². The fraction of sp³-hybridized carbons (Fsp3) is 0.355. The summed E-state index contributed by atoms with van der Waals surface area (Å²) in [5.41, 5.74) is 7.50. The average Bonchev–Trinajstić information content (AvgIpc) is 3.45. The molecule has 0 bridgehead atoms. The Labute approximate surface area is 243 Å². The minimum atomic E-state index is -0.918. The number of nitrogens with zero attached hydrogens (tertiary/aromatic N) is 5. The van der Waals surface area contributed by atoms with Crippen LogP contribution in [0.5, 0.6) is 11.5 Å². The third kappa shape index (κ3) is 4.46. The van der Waals surface area contributed by atoms with Gasteiger partial charge in [0.15, 0.2) is 17.3 Å². The van der Waals surface area contributed by atoms with Gasteiger partial charge >= 0.3 is 5.97 Å². The van der Waals surface area contributed by atoms with Crippen LogP contribution in [0.25, 0.3) is 5.00 Å². The third-order valence-electron chi connectivity index (χ3n) is 8.28. The Morgan fingerprint density at radius 3 is 2.39 bits per heavy atom. The van der Waals surface area contributed by atoms with Crippen molar-refractivity contribution in [3.63, 3.8) is 0 Å². The van der Waals surface area contributed by atoms with Crippen molar-refractivity contribution in [3.05, 3.63) is 80.7 Å². The summed E-state index contributed by atoms with van der Waals surface area (Å²) in [6, 6.07) is 11.9. The molecule has 2 aliphatic rings. The molecule has 4 heterocycles. The van der Waals surface area contributed by atoms with Crippen LogP contribution in [0.15, 0.2) is 41.4 Å². The second-order valence-corrected chi connectivity index (χ2v) is 11.9. The number of aliphatic carboxylic acids is 1. The van der Waals surface area contributed by atoms with Crippen LogP contribution in [-0.4, -0.2) is 52.3 Å². The molecule has 0 aliphatic carbocycles. The van der Waals surface area contributed by atoms with Crippen LogP contribution < -0.4 is 14.4 Å². The van der Waals surface area contributed by atoms with Crippen molar-refractivity contribution < 1.29 is 19.4 Å². The molecular weight excluding hydrogens is 538 g/mol. The molecular formula is C31H33N5O4S. The monoisotopic (exact) mass is 571 g/mol. The predicted molar refractivity (Wildman–Crippen MR) is 159 cm³/mol. The maximum absolute atomic E-state index is 12.1. The number of aryl methyl sites for hydroxylation is 2. The number of carboxylic acid groups (broad SMARTS) is 1. The number of benzene rings is 2. The molecule has 0 fully saturated rings. The van der Waals surface area contributed by atoms with Gasteiger partial charge in [0.25, 0.3) is 0 Å². The molecule has 2 aromatic carbocycles. The fourth-order valence-corrected chi connectivity index (χ4v) is 6.96. The summed E-state index contributed by atoms with van der Waals surface area (Å²) in [7, 11) is 3.33. The topological polar surface area (TPSA) is 102 Å². The van der Waals surface area contributed by atoms with Gasteiger partial charge in [-0.3, -0.25) is 14.4 Å². The molecule has 2 atom stereocenters. The van der Waals surface area contributed by atoms with Gasteiger partial charge in [-0.2, -0.15) is 0 Å². The summed E-state index contributed by atoms with van der Waals surface area (Å²) in [4.78, 5) is 20.8. The van der Waals surface area contributed by atoms with Gasteiger partial charge in [0.2, 0.25) is 0 Å². The van der Waals surface area contributed by atoms with E-state index >= 15 is 0 Å². The van der Waals surface area contributed by atoms with Gasteiger partial charge in [-0.05, 0) is 75.1 Å². The van der Waals surface area contributed by atoms with E-state index in [4.69, 9.17) is 14.5 Å². The van der Waals surface area contributed by atoms with E-state index in [0.29, 0.717) is 5.82 Å². The summed E-state index contributed by atoms with van der Waals surface area (Å²) in [6.45, 7) is 9.45. The molecule has 6 rings (SSSR count). The van der Waals surface area contributed by atoms with Crippen LogP contribution in [0.2, 0.25) is 0 Å². The van der Waals surface area contributed by atoms with Crippen molar-refractivity contribution in [2.24, 2.45) is 10.9 Å². The van der Waals surface area contributed by atoms with Crippen LogP contribution in [0.3, 0.4) is 0 Å². The number of hydrogen-bond acceptors (Lipinski definition) is 8. The number of hydrogen-bond donors (Lipinski definition) is 1. The minimum absolute atomic E-state index is 0.561. The van der Waals surface area contributed by atoms with Gasteiger partial charge in [-0.1, -0.05) is 12.1 Å². The van der Waals surface area contributed by atoms with E-state index in [1.807, 2.05) is 11.5 Å². The van der Waals surface area contributed by atoms with Crippen LogP contribution in [0, 0.1) is 26.7 Å². The standard InChI is InChI=1S/C31H33N5O4S/c1-16-18(3)41-30-26(16)28(32-27(17(2)31(37)38)29-34-33-19(4)36(29)30)20-7-9-23(10-8-20)35-12-11-21-13-24(39-5)25(40-6)14-22(21)15-35/h7-10,13-14,17,27H,11-12,15H2,1-6H3,(H,37,38)/t17?,27-/m0/s1. The number of aliphatic imine (C=N–C) groups is 1. The molecule has 0 spiro atoms. The molecule has 0 saturated heterocycles. The van der Waals surface area contributed by atoms with Crippen LogP contribution in [-0.2, 0) is 17.8 Å². The zero-order valence-electron chi connectivity index (χ0n) is 24.1. The molecule has 2 aromatic heterocycles. The Morgan fingerprint density at radius 2 is 1.73 bits per heavy atom. The van der Waals surface area contributed by atoms with Gasteiger partial charge in [0, 0.05) is 34.8 Å². The fourth-order valence-electron chi connectivity index (χ4n) is 5.75. The van der Waals surface area contributed by atoms with Crippen LogP contribution in [0.4, 0.5) is 5.69 Å². The predicted octanol–water partition coefficient (Wildman–Crippen LogP) is 5.45. The smallest absolute Gasteiger partial charge is 0.308 e. The second kappa shape index (κ2) is 10.3.